The van der Waals surface area contributed by atoms with Crippen molar-refractivity contribution in [2.75, 3.05) is 7.05 Å². The van der Waals surface area contributed by atoms with E-state index in [-0.39, 0.29) is 6.17 Å². The molecule has 12 aromatic rings. The number of hydrogen-bond acceptors (Lipinski definition) is 4. The first kappa shape index (κ1) is 35.4. The number of aliphatic imine (C=N–C) groups is 2. The van der Waals surface area contributed by atoms with E-state index >= 15 is 0 Å². The maximum absolute atomic E-state index is 5.38. The molecule has 4 heterocycles. The van der Waals surface area contributed by atoms with Crippen molar-refractivity contribution in [2.24, 2.45) is 9.98 Å². The molecular formula is C57H38N6. The minimum Gasteiger partial charge on any atom is -0.333 e. The first-order valence-electron chi connectivity index (χ1n) is 21.4. The van der Waals surface area contributed by atoms with E-state index in [0.717, 1.165) is 56.0 Å². The standard InChI is InChI=1S/C57H38N6/c1-61-56(43-25-23-37-13-3-6-16-40(37)31-43)59-55(42-24-22-36-12-2-5-15-39(36)30-42)60-57(61)44-28-29-58-54(33-44)63-51-21-11-9-19-47(51)49-34-48-46-18-8-10-20-50(46)62(52(48)35-53(49)63)45-27-26-38-14-4-7-17-41(38)32-45/h2-35,56H,1H3. The van der Waals surface area contributed by atoms with Crippen LogP contribution in [0, 0.1) is 0 Å². The Morgan fingerprint density at radius 2 is 0.984 bits per heavy atom. The second-order valence-electron chi connectivity index (χ2n) is 16.6. The van der Waals surface area contributed by atoms with Crippen LogP contribution in [-0.2, 0) is 0 Å². The molecule has 0 bridgehead atoms. The molecule has 63 heavy (non-hydrogen) atoms. The van der Waals surface area contributed by atoms with E-state index in [1.54, 1.807) is 0 Å². The largest absolute Gasteiger partial charge is 0.333 e. The minimum absolute atomic E-state index is 0.307. The third-order valence-corrected chi connectivity index (χ3v) is 12.9. The van der Waals surface area contributed by atoms with Crippen LogP contribution in [0.25, 0.3) is 87.4 Å². The summed E-state index contributed by atoms with van der Waals surface area (Å²) in [6, 6.07) is 71.8. The van der Waals surface area contributed by atoms with Crippen LogP contribution in [0.3, 0.4) is 0 Å². The molecule has 0 fully saturated rings. The van der Waals surface area contributed by atoms with E-state index in [4.69, 9.17) is 15.0 Å². The number of fused-ring (bicyclic) bond motifs is 9. The number of pyridine rings is 1. The van der Waals surface area contributed by atoms with Gasteiger partial charge < -0.3 is 9.47 Å². The zero-order chi connectivity index (χ0) is 41.6. The fraction of sp³-hybridized carbons (Fsp3) is 0.0351. The highest BCUT2D eigenvalue weighted by Gasteiger charge is 2.28. The molecule has 0 saturated carbocycles. The monoisotopic (exact) mass is 806 g/mol. The van der Waals surface area contributed by atoms with Crippen molar-refractivity contribution in [3.05, 3.63) is 223 Å². The van der Waals surface area contributed by atoms with Crippen LogP contribution >= 0.6 is 0 Å². The van der Waals surface area contributed by atoms with Crippen molar-refractivity contribution >= 4 is 87.6 Å². The van der Waals surface area contributed by atoms with Gasteiger partial charge in [0.15, 0.2) is 12.0 Å². The summed E-state index contributed by atoms with van der Waals surface area (Å²) in [5, 5.41) is 12.0. The lowest BCUT2D eigenvalue weighted by atomic mass is 10.0. The van der Waals surface area contributed by atoms with Gasteiger partial charge in [0.1, 0.15) is 11.7 Å². The minimum atomic E-state index is -0.307. The zero-order valence-electron chi connectivity index (χ0n) is 34.4. The number of aromatic nitrogens is 3. The van der Waals surface area contributed by atoms with Crippen LogP contribution in [0.15, 0.2) is 216 Å². The Hall–Kier alpha value is -8.35. The first-order chi connectivity index (χ1) is 31.1. The summed E-state index contributed by atoms with van der Waals surface area (Å²) in [5.41, 5.74) is 8.67. The maximum atomic E-state index is 5.38. The van der Waals surface area contributed by atoms with Crippen molar-refractivity contribution < 1.29 is 0 Å². The first-order valence-corrected chi connectivity index (χ1v) is 21.4. The lowest BCUT2D eigenvalue weighted by Crippen LogP contribution is -2.35. The normalized spacial score (nSPS) is 14.4. The van der Waals surface area contributed by atoms with Crippen molar-refractivity contribution in [1.82, 2.24) is 19.0 Å². The highest BCUT2D eigenvalue weighted by atomic mass is 15.3. The number of amidine groups is 2. The number of para-hydroxylation sites is 2. The van der Waals surface area contributed by atoms with Gasteiger partial charge in [-0.3, -0.25) is 4.57 Å². The van der Waals surface area contributed by atoms with Crippen molar-refractivity contribution in [2.45, 2.75) is 6.17 Å². The quantitative estimate of drug-likeness (QED) is 0.174. The van der Waals surface area contributed by atoms with Gasteiger partial charge in [-0.05, 0) is 98.5 Å². The van der Waals surface area contributed by atoms with Crippen molar-refractivity contribution in [3.8, 4) is 11.5 Å². The van der Waals surface area contributed by atoms with Gasteiger partial charge >= 0.3 is 0 Å². The summed E-state index contributed by atoms with van der Waals surface area (Å²) in [7, 11) is 2.10. The Balaban J connectivity index is 1.01. The van der Waals surface area contributed by atoms with E-state index in [0.29, 0.717) is 5.84 Å². The Kier molecular flexibility index (Phi) is 7.78. The molecule has 0 saturated heterocycles. The van der Waals surface area contributed by atoms with Crippen LogP contribution in [0.2, 0.25) is 0 Å². The summed E-state index contributed by atoms with van der Waals surface area (Å²) in [5.74, 6) is 2.35. The van der Waals surface area contributed by atoms with Crippen LogP contribution in [0.5, 0.6) is 0 Å². The Bertz CT molecular complexity index is 3910. The van der Waals surface area contributed by atoms with E-state index in [1.165, 1.54) is 54.0 Å². The Labute approximate surface area is 362 Å². The van der Waals surface area contributed by atoms with Gasteiger partial charge in [-0.25, -0.2) is 15.0 Å². The Morgan fingerprint density at radius 3 is 1.70 bits per heavy atom. The molecule has 0 aliphatic carbocycles. The van der Waals surface area contributed by atoms with Gasteiger partial charge in [0.25, 0.3) is 0 Å². The summed E-state index contributed by atoms with van der Waals surface area (Å²) in [4.78, 5) is 18.1. The fourth-order valence-electron chi connectivity index (χ4n) is 9.88. The van der Waals surface area contributed by atoms with Gasteiger partial charge in [-0.2, -0.15) is 0 Å². The average Bonchev–Trinajstić information content (AvgIpc) is 3.84. The molecule has 296 valence electrons. The molecule has 6 heteroatoms. The maximum Gasteiger partial charge on any atom is 0.159 e. The van der Waals surface area contributed by atoms with Crippen LogP contribution < -0.4 is 0 Å². The molecule has 6 nitrogen and oxygen atoms in total. The van der Waals surface area contributed by atoms with Gasteiger partial charge in [-0.1, -0.05) is 140 Å². The summed E-state index contributed by atoms with van der Waals surface area (Å²) in [6.45, 7) is 0. The second-order valence-corrected chi connectivity index (χ2v) is 16.6. The lowest BCUT2D eigenvalue weighted by Gasteiger charge is -2.32. The molecule has 13 rings (SSSR count). The molecule has 3 aromatic heterocycles. The van der Waals surface area contributed by atoms with Gasteiger partial charge in [0, 0.05) is 51.6 Å². The third-order valence-electron chi connectivity index (χ3n) is 12.9. The third kappa shape index (κ3) is 5.62. The van der Waals surface area contributed by atoms with Gasteiger partial charge in [0.2, 0.25) is 0 Å². The van der Waals surface area contributed by atoms with E-state index in [9.17, 15) is 0 Å². The predicted octanol–water partition coefficient (Wildman–Crippen LogP) is 13.6. The van der Waals surface area contributed by atoms with E-state index in [1.807, 2.05) is 6.20 Å². The summed E-state index contributed by atoms with van der Waals surface area (Å²) < 4.78 is 4.73. The van der Waals surface area contributed by atoms with Crippen molar-refractivity contribution in [1.29, 1.82) is 0 Å². The number of benzene rings is 9. The zero-order valence-corrected chi connectivity index (χ0v) is 34.4. The number of nitrogens with zero attached hydrogens (tertiary/aromatic N) is 6. The molecule has 1 aliphatic heterocycles. The molecule has 1 atom stereocenters. The van der Waals surface area contributed by atoms with Gasteiger partial charge in [0.05, 0.1) is 22.1 Å². The molecule has 1 unspecified atom stereocenters. The molecule has 0 N–H and O–H groups in total. The average molecular weight is 807 g/mol. The van der Waals surface area contributed by atoms with Crippen LogP contribution in [0.1, 0.15) is 22.9 Å². The second kappa shape index (κ2) is 13.8. The van der Waals surface area contributed by atoms with Crippen molar-refractivity contribution in [3.63, 3.8) is 0 Å². The summed E-state index contributed by atoms with van der Waals surface area (Å²) >= 11 is 0. The number of rotatable bonds is 5. The highest BCUT2D eigenvalue weighted by molar-refractivity contribution is 6.19. The topological polar surface area (TPSA) is 50.7 Å². The molecule has 0 spiro atoms. The Morgan fingerprint density at radius 1 is 0.413 bits per heavy atom. The van der Waals surface area contributed by atoms with Crippen LogP contribution in [0.4, 0.5) is 0 Å². The smallest absolute Gasteiger partial charge is 0.159 e. The van der Waals surface area contributed by atoms with E-state index in [2.05, 4.69) is 221 Å². The SMILES string of the molecule is CN1C(c2ccnc(-n3c4ccccc4c4cc5c6ccccc6n(-c6ccc7ccccc7c6)c5cc43)c2)=NC(c2ccc3ccccc3c2)=NC1c1ccc2ccccc2c1. The number of hydrogen-bond donors (Lipinski definition) is 0. The lowest BCUT2D eigenvalue weighted by molar-refractivity contribution is 0.383. The molecular weight excluding hydrogens is 769 g/mol. The van der Waals surface area contributed by atoms with Crippen LogP contribution in [-0.4, -0.2) is 37.7 Å². The fourth-order valence-corrected chi connectivity index (χ4v) is 9.88. The summed E-state index contributed by atoms with van der Waals surface area (Å²) in [6.07, 6.45) is 1.61. The molecule has 0 radical (unpaired) electrons. The highest BCUT2D eigenvalue weighted by Crippen LogP contribution is 2.40. The molecule has 1 aliphatic rings. The molecule has 9 aromatic carbocycles. The predicted molar refractivity (Wildman–Crippen MR) is 262 cm³/mol. The molecule has 0 amide bonds. The van der Waals surface area contributed by atoms with E-state index < -0.39 is 0 Å². The van der Waals surface area contributed by atoms with Gasteiger partial charge in [-0.15, -0.1) is 0 Å².